The maximum atomic E-state index is 11.5. The highest BCUT2D eigenvalue weighted by molar-refractivity contribution is 9.10. The van der Waals surface area contributed by atoms with Crippen LogP contribution in [0.2, 0.25) is 0 Å². The zero-order valence-corrected chi connectivity index (χ0v) is 11.9. The topological polar surface area (TPSA) is 91.7 Å². The summed E-state index contributed by atoms with van der Waals surface area (Å²) < 4.78 is 5.49. The standard InChI is InChI=1S/C10H14BBrN2O4/c1-10(2,3)18-9(15)14-8-7(12)4-6(5-13-8)11(16)17/h4-5,16-17H,1-3H3,(H,13,14,15). The normalized spacial score (nSPS) is 11.0. The monoisotopic (exact) mass is 316 g/mol. The summed E-state index contributed by atoms with van der Waals surface area (Å²) in [6, 6.07) is 1.45. The van der Waals surface area contributed by atoms with Crippen molar-refractivity contribution in [3.05, 3.63) is 16.7 Å². The predicted molar refractivity (Wildman–Crippen MR) is 71.6 cm³/mol. The summed E-state index contributed by atoms with van der Waals surface area (Å²) in [5.41, 5.74) is -0.380. The summed E-state index contributed by atoms with van der Waals surface area (Å²) in [4.78, 5) is 15.4. The molecule has 0 unspecified atom stereocenters. The van der Waals surface area contributed by atoms with Gasteiger partial charge in [0.05, 0.1) is 4.47 Å². The summed E-state index contributed by atoms with van der Waals surface area (Å²) in [7, 11) is -1.61. The zero-order chi connectivity index (χ0) is 13.9. The number of amides is 1. The van der Waals surface area contributed by atoms with E-state index in [1.807, 2.05) is 0 Å². The van der Waals surface area contributed by atoms with Gasteiger partial charge in [0, 0.05) is 11.7 Å². The number of pyridine rings is 1. The summed E-state index contributed by atoms with van der Waals surface area (Å²) >= 11 is 3.17. The van der Waals surface area contributed by atoms with Gasteiger partial charge in [0.1, 0.15) is 11.4 Å². The van der Waals surface area contributed by atoms with Crippen LogP contribution in [-0.4, -0.2) is 33.8 Å². The molecule has 98 valence electrons. The van der Waals surface area contributed by atoms with E-state index in [1.54, 1.807) is 20.8 Å². The van der Waals surface area contributed by atoms with Gasteiger partial charge in [0.2, 0.25) is 0 Å². The second-order valence-corrected chi connectivity index (χ2v) is 5.45. The maximum Gasteiger partial charge on any atom is 0.490 e. The third-order valence-electron chi connectivity index (χ3n) is 1.78. The predicted octanol–water partition coefficient (Wildman–Crippen LogP) is 0.871. The first kappa shape index (κ1) is 14.9. The number of aromatic nitrogens is 1. The van der Waals surface area contributed by atoms with Crippen LogP contribution in [0.15, 0.2) is 16.7 Å². The Hall–Kier alpha value is -1.12. The van der Waals surface area contributed by atoms with Crippen molar-refractivity contribution >= 4 is 40.4 Å². The molecule has 1 aromatic rings. The molecule has 0 atom stereocenters. The average Bonchev–Trinajstić information content (AvgIpc) is 2.17. The maximum absolute atomic E-state index is 11.5. The molecule has 0 aromatic carbocycles. The van der Waals surface area contributed by atoms with E-state index in [9.17, 15) is 4.79 Å². The van der Waals surface area contributed by atoms with Gasteiger partial charge in [-0.15, -0.1) is 0 Å². The minimum Gasteiger partial charge on any atom is -0.444 e. The number of carbonyl (C=O) groups excluding carboxylic acids is 1. The Labute approximate surface area is 114 Å². The van der Waals surface area contributed by atoms with Gasteiger partial charge in [-0.3, -0.25) is 5.32 Å². The summed E-state index contributed by atoms with van der Waals surface area (Å²) in [6.07, 6.45) is 0.621. The number of rotatable bonds is 2. The Morgan fingerprint density at radius 3 is 2.56 bits per heavy atom. The number of carbonyl (C=O) groups is 1. The van der Waals surface area contributed by atoms with E-state index >= 15 is 0 Å². The van der Waals surface area contributed by atoms with Crippen molar-refractivity contribution in [2.24, 2.45) is 0 Å². The van der Waals surface area contributed by atoms with Crippen LogP contribution in [0.4, 0.5) is 10.6 Å². The van der Waals surface area contributed by atoms with E-state index in [2.05, 4.69) is 26.2 Å². The van der Waals surface area contributed by atoms with Crippen LogP contribution < -0.4 is 10.8 Å². The van der Waals surface area contributed by atoms with Crippen molar-refractivity contribution in [1.29, 1.82) is 0 Å². The number of nitrogens with one attached hydrogen (secondary N) is 1. The molecule has 3 N–H and O–H groups in total. The van der Waals surface area contributed by atoms with Crippen LogP contribution in [0.25, 0.3) is 0 Å². The van der Waals surface area contributed by atoms with Crippen molar-refractivity contribution in [1.82, 2.24) is 4.98 Å². The lowest BCUT2D eigenvalue weighted by Crippen LogP contribution is -2.31. The fraction of sp³-hybridized carbons (Fsp3) is 0.400. The van der Waals surface area contributed by atoms with Crippen LogP contribution in [0, 0.1) is 0 Å². The lowest BCUT2D eigenvalue weighted by atomic mass is 9.82. The Morgan fingerprint density at radius 2 is 2.11 bits per heavy atom. The minimum absolute atomic E-state index is 0.219. The van der Waals surface area contributed by atoms with E-state index in [-0.39, 0.29) is 11.3 Å². The third kappa shape index (κ3) is 4.63. The van der Waals surface area contributed by atoms with Crippen LogP contribution >= 0.6 is 15.9 Å². The number of hydrogen-bond acceptors (Lipinski definition) is 5. The lowest BCUT2D eigenvalue weighted by molar-refractivity contribution is 0.0635. The largest absolute Gasteiger partial charge is 0.490 e. The van der Waals surface area contributed by atoms with Crippen molar-refractivity contribution in [2.45, 2.75) is 26.4 Å². The van der Waals surface area contributed by atoms with E-state index in [4.69, 9.17) is 14.8 Å². The molecule has 0 aliphatic heterocycles. The fourth-order valence-electron chi connectivity index (χ4n) is 1.09. The first-order valence-electron chi connectivity index (χ1n) is 5.20. The van der Waals surface area contributed by atoms with Crippen LogP contribution in [0.1, 0.15) is 20.8 Å². The second-order valence-electron chi connectivity index (χ2n) is 4.60. The minimum atomic E-state index is -1.61. The number of ether oxygens (including phenoxy) is 1. The molecule has 18 heavy (non-hydrogen) atoms. The number of nitrogens with zero attached hydrogens (tertiary/aromatic N) is 1. The van der Waals surface area contributed by atoms with Gasteiger partial charge in [-0.25, -0.2) is 9.78 Å². The molecule has 0 bridgehead atoms. The molecule has 0 saturated heterocycles. The average molecular weight is 317 g/mol. The zero-order valence-electron chi connectivity index (χ0n) is 10.3. The van der Waals surface area contributed by atoms with Gasteiger partial charge in [0.25, 0.3) is 0 Å². The Morgan fingerprint density at radius 1 is 1.50 bits per heavy atom. The van der Waals surface area contributed by atoms with Crippen LogP contribution in [-0.2, 0) is 4.74 Å². The van der Waals surface area contributed by atoms with Gasteiger partial charge in [-0.05, 0) is 42.8 Å². The molecule has 1 rings (SSSR count). The Balaban J connectivity index is 2.77. The van der Waals surface area contributed by atoms with E-state index in [0.29, 0.717) is 4.47 Å². The van der Waals surface area contributed by atoms with Gasteiger partial charge < -0.3 is 14.8 Å². The van der Waals surface area contributed by atoms with Crippen LogP contribution in [0.5, 0.6) is 0 Å². The number of anilines is 1. The molecule has 1 heterocycles. The smallest absolute Gasteiger partial charge is 0.444 e. The summed E-state index contributed by atoms with van der Waals surface area (Å²) in [5, 5.41) is 20.4. The Bertz CT molecular complexity index is 448. The molecular formula is C10H14BBrN2O4. The molecule has 0 fully saturated rings. The molecule has 0 spiro atoms. The molecule has 0 radical (unpaired) electrons. The van der Waals surface area contributed by atoms with E-state index in [1.165, 1.54) is 12.3 Å². The third-order valence-corrected chi connectivity index (χ3v) is 2.38. The van der Waals surface area contributed by atoms with Gasteiger partial charge in [-0.1, -0.05) is 0 Å². The quantitative estimate of drug-likeness (QED) is 0.704. The van der Waals surface area contributed by atoms with Crippen molar-refractivity contribution in [3.8, 4) is 0 Å². The molecule has 0 saturated carbocycles. The molecule has 8 heteroatoms. The van der Waals surface area contributed by atoms with Gasteiger partial charge >= 0.3 is 13.2 Å². The fourth-order valence-corrected chi connectivity index (χ4v) is 1.55. The highest BCUT2D eigenvalue weighted by Crippen LogP contribution is 2.18. The highest BCUT2D eigenvalue weighted by atomic mass is 79.9. The van der Waals surface area contributed by atoms with E-state index in [0.717, 1.165) is 0 Å². The number of halogens is 1. The van der Waals surface area contributed by atoms with Crippen molar-refractivity contribution in [2.75, 3.05) is 5.32 Å². The molecule has 0 aliphatic carbocycles. The van der Waals surface area contributed by atoms with Crippen molar-refractivity contribution < 1.29 is 19.6 Å². The van der Waals surface area contributed by atoms with Crippen molar-refractivity contribution in [3.63, 3.8) is 0 Å². The summed E-state index contributed by atoms with van der Waals surface area (Å²) in [6.45, 7) is 5.25. The SMILES string of the molecule is CC(C)(C)OC(=O)Nc1ncc(B(O)O)cc1Br. The molecule has 0 aliphatic rings. The van der Waals surface area contributed by atoms with Gasteiger partial charge in [-0.2, -0.15) is 0 Å². The second kappa shape index (κ2) is 5.68. The Kier molecular flexibility index (Phi) is 4.72. The lowest BCUT2D eigenvalue weighted by Gasteiger charge is -2.19. The first-order valence-corrected chi connectivity index (χ1v) is 6.00. The molecular weight excluding hydrogens is 303 g/mol. The van der Waals surface area contributed by atoms with E-state index < -0.39 is 18.8 Å². The van der Waals surface area contributed by atoms with Crippen LogP contribution in [0.3, 0.4) is 0 Å². The number of hydrogen-bond donors (Lipinski definition) is 3. The van der Waals surface area contributed by atoms with Gasteiger partial charge in [0.15, 0.2) is 0 Å². The molecule has 6 nitrogen and oxygen atoms in total. The molecule has 1 amide bonds. The summed E-state index contributed by atoms with van der Waals surface area (Å²) in [5.74, 6) is 0.244. The first-order chi connectivity index (χ1) is 8.19. The molecule has 1 aromatic heterocycles. The highest BCUT2D eigenvalue weighted by Gasteiger charge is 2.18.